The highest BCUT2D eigenvalue weighted by atomic mass is 32.1. The number of pyridine rings is 1. The van der Waals surface area contributed by atoms with E-state index >= 15 is 0 Å². The number of aryl methyl sites for hydroxylation is 1. The molecule has 2 aromatic heterocycles. The number of amides is 1. The van der Waals surface area contributed by atoms with Gasteiger partial charge in [-0.05, 0) is 72.8 Å². The Morgan fingerprint density at radius 1 is 1.09 bits per heavy atom. The molecule has 2 aromatic carbocycles. The van der Waals surface area contributed by atoms with Crippen LogP contribution >= 0.6 is 11.5 Å². The zero-order valence-electron chi connectivity index (χ0n) is 19.2. The number of benzene rings is 2. The summed E-state index contributed by atoms with van der Waals surface area (Å²) in [7, 11) is 0. The maximum absolute atomic E-state index is 13.6. The van der Waals surface area contributed by atoms with Gasteiger partial charge in [-0.25, -0.2) is 9.36 Å². The van der Waals surface area contributed by atoms with Crippen LogP contribution in [0.1, 0.15) is 34.3 Å². The Morgan fingerprint density at radius 3 is 2.68 bits per heavy atom. The van der Waals surface area contributed by atoms with Crippen LogP contribution in [-0.4, -0.2) is 41.4 Å². The van der Waals surface area contributed by atoms with Gasteiger partial charge in [-0.2, -0.15) is 0 Å². The number of piperazine rings is 1. The van der Waals surface area contributed by atoms with Crippen LogP contribution in [0.4, 0.5) is 5.69 Å². The number of carbonyl (C=O) groups is 1. The standard InChI is InChI=1S/C27H27N5OS/c1-18-6-7-19(32-14-12-28-13-15-32)16-21(18)26(33)31-27(9-10-27)22-17-24(25-8-11-29-34-25)30-23-5-3-2-4-20(22)23/h2-8,11,16-17,28H,9-10,12-15H2,1H3,(H,31,33). The summed E-state index contributed by atoms with van der Waals surface area (Å²) in [5, 5.41) is 7.91. The van der Waals surface area contributed by atoms with Crippen LogP contribution in [-0.2, 0) is 5.54 Å². The molecule has 0 unspecified atom stereocenters. The van der Waals surface area contributed by atoms with Crippen LogP contribution in [0.3, 0.4) is 0 Å². The predicted molar refractivity (Wildman–Crippen MR) is 137 cm³/mol. The van der Waals surface area contributed by atoms with Crippen molar-refractivity contribution in [2.45, 2.75) is 25.3 Å². The average molecular weight is 470 g/mol. The highest BCUT2D eigenvalue weighted by Gasteiger charge is 2.47. The molecule has 0 spiro atoms. The lowest BCUT2D eigenvalue weighted by Gasteiger charge is -2.30. The van der Waals surface area contributed by atoms with Crippen LogP contribution in [0.2, 0.25) is 0 Å². The van der Waals surface area contributed by atoms with E-state index in [1.807, 2.05) is 31.2 Å². The highest BCUT2D eigenvalue weighted by molar-refractivity contribution is 7.09. The predicted octanol–water partition coefficient (Wildman–Crippen LogP) is 4.50. The molecule has 4 aromatic rings. The first-order valence-corrected chi connectivity index (χ1v) is 12.6. The Morgan fingerprint density at radius 2 is 1.91 bits per heavy atom. The van der Waals surface area contributed by atoms with E-state index in [9.17, 15) is 4.79 Å². The van der Waals surface area contributed by atoms with Gasteiger partial charge < -0.3 is 15.5 Å². The molecule has 1 saturated carbocycles. The number of carbonyl (C=O) groups excluding carboxylic acids is 1. The van der Waals surface area contributed by atoms with Gasteiger partial charge >= 0.3 is 0 Å². The Balaban J connectivity index is 1.35. The van der Waals surface area contributed by atoms with Crippen molar-refractivity contribution in [2.24, 2.45) is 0 Å². The van der Waals surface area contributed by atoms with Crippen molar-refractivity contribution >= 4 is 34.0 Å². The summed E-state index contributed by atoms with van der Waals surface area (Å²) in [6.45, 7) is 5.86. The van der Waals surface area contributed by atoms with Crippen LogP contribution in [0.15, 0.2) is 60.8 Å². The zero-order chi connectivity index (χ0) is 23.1. The fraction of sp³-hybridized carbons (Fsp3) is 0.296. The Labute approximate surface area is 203 Å². The molecule has 0 radical (unpaired) electrons. The molecule has 6 nitrogen and oxygen atoms in total. The van der Waals surface area contributed by atoms with E-state index in [1.165, 1.54) is 11.5 Å². The molecule has 3 heterocycles. The minimum absolute atomic E-state index is 0.00721. The summed E-state index contributed by atoms with van der Waals surface area (Å²) in [6, 6.07) is 18.6. The van der Waals surface area contributed by atoms with Gasteiger partial charge in [-0.15, -0.1) is 0 Å². The number of hydrogen-bond donors (Lipinski definition) is 2. The maximum atomic E-state index is 13.6. The Hall–Kier alpha value is -3.29. The van der Waals surface area contributed by atoms with Crippen LogP contribution in [0, 0.1) is 6.92 Å². The Bertz CT molecular complexity index is 1360. The van der Waals surface area contributed by atoms with Crippen molar-refractivity contribution in [3.05, 3.63) is 77.5 Å². The van der Waals surface area contributed by atoms with Crippen LogP contribution < -0.4 is 15.5 Å². The molecule has 2 N–H and O–H groups in total. The first-order chi connectivity index (χ1) is 16.6. The third-order valence-corrected chi connectivity index (χ3v) is 7.74. The molecule has 172 valence electrons. The monoisotopic (exact) mass is 469 g/mol. The molecule has 6 rings (SSSR count). The van der Waals surface area contributed by atoms with Crippen molar-refractivity contribution in [1.82, 2.24) is 20.0 Å². The van der Waals surface area contributed by atoms with Crippen LogP contribution in [0.5, 0.6) is 0 Å². The lowest BCUT2D eigenvalue weighted by Crippen LogP contribution is -2.43. The van der Waals surface area contributed by atoms with Gasteiger partial charge in [0.25, 0.3) is 5.91 Å². The second kappa shape index (κ2) is 8.49. The van der Waals surface area contributed by atoms with E-state index in [0.29, 0.717) is 0 Å². The lowest BCUT2D eigenvalue weighted by atomic mass is 9.97. The molecule has 1 aliphatic heterocycles. The van der Waals surface area contributed by atoms with Crippen LogP contribution in [0.25, 0.3) is 21.5 Å². The van der Waals surface area contributed by atoms with Gasteiger partial charge in [-0.1, -0.05) is 24.3 Å². The second-order valence-corrected chi connectivity index (χ2v) is 10.1. The molecule has 1 aliphatic carbocycles. The molecule has 2 aliphatic rings. The molecular formula is C27H27N5OS. The van der Waals surface area contributed by atoms with E-state index in [-0.39, 0.29) is 11.4 Å². The van der Waals surface area contributed by atoms with Gasteiger partial charge in [0.15, 0.2) is 0 Å². The quantitative estimate of drug-likeness (QED) is 0.451. The van der Waals surface area contributed by atoms with Gasteiger partial charge in [0, 0.05) is 49.0 Å². The number of fused-ring (bicyclic) bond motifs is 1. The fourth-order valence-corrected chi connectivity index (χ4v) is 5.45. The summed E-state index contributed by atoms with van der Waals surface area (Å²) in [5.41, 5.74) is 5.50. The number of aromatic nitrogens is 2. The second-order valence-electron chi connectivity index (χ2n) is 9.22. The van der Waals surface area contributed by atoms with E-state index < -0.39 is 0 Å². The molecule has 0 atom stereocenters. The summed E-state index contributed by atoms with van der Waals surface area (Å²) >= 11 is 1.44. The van der Waals surface area contributed by atoms with Gasteiger partial charge in [0.2, 0.25) is 0 Å². The third-order valence-electron chi connectivity index (χ3n) is 6.97. The molecule has 34 heavy (non-hydrogen) atoms. The van der Waals surface area contributed by atoms with Gasteiger partial charge in [0.1, 0.15) is 0 Å². The lowest BCUT2D eigenvalue weighted by molar-refractivity contribution is 0.0930. The number of para-hydroxylation sites is 1. The number of nitrogens with one attached hydrogen (secondary N) is 2. The smallest absolute Gasteiger partial charge is 0.252 e. The molecular weight excluding hydrogens is 442 g/mol. The molecule has 1 amide bonds. The minimum Gasteiger partial charge on any atom is -0.369 e. The number of nitrogens with zero attached hydrogens (tertiary/aromatic N) is 3. The van der Waals surface area contributed by atoms with Gasteiger partial charge in [0.05, 0.1) is 21.6 Å². The number of rotatable bonds is 5. The molecule has 1 saturated heterocycles. The van der Waals surface area contributed by atoms with Gasteiger partial charge in [-0.3, -0.25) is 4.79 Å². The zero-order valence-corrected chi connectivity index (χ0v) is 20.0. The van der Waals surface area contributed by atoms with Crippen molar-refractivity contribution < 1.29 is 4.79 Å². The van der Waals surface area contributed by atoms with Crippen molar-refractivity contribution in [1.29, 1.82) is 0 Å². The number of anilines is 1. The largest absolute Gasteiger partial charge is 0.369 e. The SMILES string of the molecule is Cc1ccc(N2CCNCC2)cc1C(=O)NC1(c2cc(-c3ccns3)nc3ccccc23)CC1. The van der Waals surface area contributed by atoms with Crippen molar-refractivity contribution in [3.8, 4) is 10.6 Å². The van der Waals surface area contributed by atoms with E-state index in [1.54, 1.807) is 6.20 Å². The normalized spacial score (nSPS) is 17.0. The third kappa shape index (κ3) is 3.85. The molecule has 7 heteroatoms. The summed E-state index contributed by atoms with van der Waals surface area (Å²) < 4.78 is 4.25. The summed E-state index contributed by atoms with van der Waals surface area (Å²) in [4.78, 5) is 21.9. The van der Waals surface area contributed by atoms with E-state index in [2.05, 4.69) is 50.2 Å². The van der Waals surface area contributed by atoms with Crippen molar-refractivity contribution in [2.75, 3.05) is 31.1 Å². The Kier molecular flexibility index (Phi) is 5.31. The van der Waals surface area contributed by atoms with Crippen molar-refractivity contribution in [3.63, 3.8) is 0 Å². The fourth-order valence-electron chi connectivity index (χ4n) is 4.89. The highest BCUT2D eigenvalue weighted by Crippen LogP contribution is 2.49. The number of hydrogen-bond acceptors (Lipinski definition) is 6. The molecule has 0 bridgehead atoms. The topological polar surface area (TPSA) is 70.2 Å². The first-order valence-electron chi connectivity index (χ1n) is 11.8. The van der Waals surface area contributed by atoms with E-state index in [4.69, 9.17) is 4.98 Å². The summed E-state index contributed by atoms with van der Waals surface area (Å²) in [6.07, 6.45) is 3.65. The first kappa shape index (κ1) is 21.3. The molecule has 2 fully saturated rings. The minimum atomic E-state index is -0.365. The maximum Gasteiger partial charge on any atom is 0.252 e. The summed E-state index contributed by atoms with van der Waals surface area (Å²) in [5.74, 6) is -0.00721. The average Bonchev–Trinajstić information content (AvgIpc) is 3.43. The van der Waals surface area contributed by atoms with E-state index in [0.717, 1.165) is 82.9 Å².